The molecule has 0 aromatic heterocycles. The predicted octanol–water partition coefficient (Wildman–Crippen LogP) is 0.687. The summed E-state index contributed by atoms with van der Waals surface area (Å²) in [6, 6.07) is 4.92. The molecule has 19 heavy (non-hydrogen) atoms. The van der Waals surface area contributed by atoms with Crippen molar-refractivity contribution in [3.05, 3.63) is 23.8 Å². The van der Waals surface area contributed by atoms with E-state index in [4.69, 9.17) is 15.2 Å². The fraction of sp³-hybridized carbons (Fsp3) is 0.462. The molecule has 0 bridgehead atoms. The van der Waals surface area contributed by atoms with E-state index < -0.39 is 6.04 Å². The highest BCUT2D eigenvalue weighted by Crippen LogP contribution is 2.29. The Morgan fingerprint density at radius 1 is 1.37 bits per heavy atom. The zero-order valence-corrected chi connectivity index (χ0v) is 11.8. The van der Waals surface area contributed by atoms with Crippen LogP contribution in [0.15, 0.2) is 18.2 Å². The number of amides is 1. The highest BCUT2D eigenvalue weighted by Gasteiger charge is 2.16. The zero-order valence-electron chi connectivity index (χ0n) is 11.8. The van der Waals surface area contributed by atoms with Gasteiger partial charge in [-0.15, -0.1) is 0 Å². The number of nitrogens with two attached hydrogens (primary N) is 1. The lowest BCUT2D eigenvalue weighted by Crippen LogP contribution is -2.37. The molecule has 1 amide bonds. The topological polar surface area (TPSA) is 76.8 Å². The molecule has 0 saturated heterocycles. The smallest absolute Gasteiger partial charge is 0.236 e. The van der Waals surface area contributed by atoms with Gasteiger partial charge >= 0.3 is 0 Å². The van der Waals surface area contributed by atoms with E-state index in [0.717, 1.165) is 5.56 Å². The first-order chi connectivity index (χ1) is 8.97. The Balaban J connectivity index is 2.81. The Labute approximate surface area is 113 Å². The van der Waals surface area contributed by atoms with Crippen molar-refractivity contribution in [3.63, 3.8) is 0 Å². The summed E-state index contributed by atoms with van der Waals surface area (Å²) in [5, 5.41) is 1.58. The molecule has 6 nitrogen and oxygen atoms in total. The monoisotopic (exact) mass is 267 g/mol. The highest BCUT2D eigenvalue weighted by molar-refractivity contribution is 5.76. The Morgan fingerprint density at radius 3 is 2.58 bits per heavy atom. The van der Waals surface area contributed by atoms with Crippen molar-refractivity contribution < 1.29 is 14.3 Å². The maximum Gasteiger partial charge on any atom is 0.236 e. The van der Waals surface area contributed by atoms with Gasteiger partial charge in [-0.05, 0) is 6.07 Å². The molecule has 1 aromatic carbocycles. The average molecular weight is 267 g/mol. The van der Waals surface area contributed by atoms with Crippen LogP contribution in [0.5, 0.6) is 11.5 Å². The molecule has 0 saturated carbocycles. The van der Waals surface area contributed by atoms with Crippen molar-refractivity contribution in [2.45, 2.75) is 12.5 Å². The SMILES string of the molecule is COc1ccc(C(N)CC(=O)NN(C)C)c(OC)c1. The van der Waals surface area contributed by atoms with Crippen molar-refractivity contribution >= 4 is 5.91 Å². The quantitative estimate of drug-likeness (QED) is 0.741. The van der Waals surface area contributed by atoms with Crippen LogP contribution in [0.1, 0.15) is 18.0 Å². The van der Waals surface area contributed by atoms with Gasteiger partial charge in [0.1, 0.15) is 11.5 Å². The van der Waals surface area contributed by atoms with Crippen molar-refractivity contribution in [2.24, 2.45) is 5.73 Å². The van der Waals surface area contributed by atoms with Crippen LogP contribution in [-0.4, -0.2) is 39.2 Å². The minimum Gasteiger partial charge on any atom is -0.497 e. The lowest BCUT2D eigenvalue weighted by molar-refractivity contribution is -0.125. The number of nitrogens with zero attached hydrogens (tertiary/aromatic N) is 1. The summed E-state index contributed by atoms with van der Waals surface area (Å²) >= 11 is 0. The van der Waals surface area contributed by atoms with Crippen LogP contribution in [0.3, 0.4) is 0 Å². The summed E-state index contributed by atoms with van der Waals surface area (Å²) in [4.78, 5) is 11.7. The first kappa shape index (κ1) is 15.3. The molecule has 0 aliphatic rings. The Kier molecular flexibility index (Phi) is 5.59. The Morgan fingerprint density at radius 2 is 2.05 bits per heavy atom. The zero-order chi connectivity index (χ0) is 14.4. The van der Waals surface area contributed by atoms with Gasteiger partial charge in [-0.1, -0.05) is 6.07 Å². The molecule has 6 heteroatoms. The molecule has 1 unspecified atom stereocenters. The number of benzene rings is 1. The molecule has 0 fully saturated rings. The van der Waals surface area contributed by atoms with Gasteiger partial charge in [-0.25, -0.2) is 5.01 Å². The van der Waals surface area contributed by atoms with Gasteiger partial charge in [0.15, 0.2) is 0 Å². The summed E-state index contributed by atoms with van der Waals surface area (Å²) in [5.41, 5.74) is 9.47. The first-order valence-corrected chi connectivity index (χ1v) is 5.92. The van der Waals surface area contributed by atoms with Crippen molar-refractivity contribution in [1.82, 2.24) is 10.4 Å². The predicted molar refractivity (Wildman–Crippen MR) is 72.9 cm³/mol. The van der Waals surface area contributed by atoms with Gasteiger partial charge in [0.25, 0.3) is 0 Å². The van der Waals surface area contributed by atoms with Crippen molar-refractivity contribution in [2.75, 3.05) is 28.3 Å². The second-order valence-corrected chi connectivity index (χ2v) is 4.35. The molecule has 3 N–H and O–H groups in total. The second-order valence-electron chi connectivity index (χ2n) is 4.35. The third-order valence-corrected chi connectivity index (χ3v) is 2.59. The summed E-state index contributed by atoms with van der Waals surface area (Å²) in [5.74, 6) is 1.16. The third-order valence-electron chi connectivity index (χ3n) is 2.59. The van der Waals surface area contributed by atoms with E-state index in [1.54, 1.807) is 45.5 Å². The lowest BCUT2D eigenvalue weighted by Gasteiger charge is -2.18. The summed E-state index contributed by atoms with van der Waals surface area (Å²) in [6.45, 7) is 0. The average Bonchev–Trinajstić information content (AvgIpc) is 2.36. The number of hydrazine groups is 1. The molecule has 0 radical (unpaired) electrons. The maximum atomic E-state index is 11.7. The van der Waals surface area contributed by atoms with E-state index in [9.17, 15) is 4.79 Å². The van der Waals surface area contributed by atoms with Crippen LogP contribution in [-0.2, 0) is 4.79 Å². The minimum absolute atomic E-state index is 0.143. The van der Waals surface area contributed by atoms with Crippen molar-refractivity contribution in [3.8, 4) is 11.5 Å². The van der Waals surface area contributed by atoms with Gasteiger partial charge in [0, 0.05) is 38.2 Å². The van der Waals surface area contributed by atoms with Gasteiger partial charge < -0.3 is 15.2 Å². The molecule has 0 aliphatic heterocycles. The van der Waals surface area contributed by atoms with E-state index in [1.807, 2.05) is 6.07 Å². The van der Waals surface area contributed by atoms with E-state index in [1.165, 1.54) is 0 Å². The summed E-state index contributed by atoms with van der Waals surface area (Å²) < 4.78 is 10.4. The van der Waals surface area contributed by atoms with E-state index in [2.05, 4.69) is 5.43 Å². The Hall–Kier alpha value is -1.79. The van der Waals surface area contributed by atoms with Crippen LogP contribution in [0, 0.1) is 0 Å². The summed E-state index contributed by atoms with van der Waals surface area (Å²) in [6.07, 6.45) is 0.181. The number of hydrogen-bond donors (Lipinski definition) is 2. The maximum absolute atomic E-state index is 11.7. The molecule has 0 spiro atoms. The molecule has 1 rings (SSSR count). The lowest BCUT2D eigenvalue weighted by atomic mass is 10.0. The number of ether oxygens (including phenoxy) is 2. The molecule has 106 valence electrons. The van der Waals surface area contributed by atoms with Gasteiger partial charge in [-0.3, -0.25) is 10.2 Å². The number of rotatable bonds is 6. The third kappa shape index (κ3) is 4.42. The standard InChI is InChI=1S/C13H21N3O3/c1-16(2)15-13(17)8-11(14)10-6-5-9(18-3)7-12(10)19-4/h5-7,11H,8,14H2,1-4H3,(H,15,17). The number of hydrogen-bond acceptors (Lipinski definition) is 5. The van der Waals surface area contributed by atoms with E-state index in [0.29, 0.717) is 11.5 Å². The van der Waals surface area contributed by atoms with Crippen LogP contribution in [0.2, 0.25) is 0 Å². The normalized spacial score (nSPS) is 12.1. The number of carbonyl (C=O) groups is 1. The van der Waals surface area contributed by atoms with Crippen LogP contribution in [0.4, 0.5) is 0 Å². The molecule has 1 aromatic rings. The van der Waals surface area contributed by atoms with Crippen molar-refractivity contribution in [1.29, 1.82) is 0 Å². The fourth-order valence-electron chi connectivity index (χ4n) is 1.73. The molecule has 1 atom stereocenters. The van der Waals surface area contributed by atoms with Crippen LogP contribution in [0.25, 0.3) is 0 Å². The van der Waals surface area contributed by atoms with Gasteiger partial charge in [0.05, 0.1) is 14.2 Å². The molecular weight excluding hydrogens is 246 g/mol. The fourth-order valence-corrected chi connectivity index (χ4v) is 1.73. The van der Waals surface area contributed by atoms with Crippen LogP contribution < -0.4 is 20.6 Å². The Bertz CT molecular complexity index is 435. The van der Waals surface area contributed by atoms with Gasteiger partial charge in [0.2, 0.25) is 5.91 Å². The minimum atomic E-state index is -0.430. The highest BCUT2D eigenvalue weighted by atomic mass is 16.5. The van der Waals surface area contributed by atoms with E-state index >= 15 is 0 Å². The van der Waals surface area contributed by atoms with Crippen LogP contribution >= 0.6 is 0 Å². The molecule has 0 aliphatic carbocycles. The molecular formula is C13H21N3O3. The number of methoxy groups -OCH3 is 2. The first-order valence-electron chi connectivity index (χ1n) is 5.92. The second kappa shape index (κ2) is 6.96. The molecule has 0 heterocycles. The summed E-state index contributed by atoms with van der Waals surface area (Å²) in [7, 11) is 6.64. The van der Waals surface area contributed by atoms with E-state index in [-0.39, 0.29) is 12.3 Å². The number of carbonyl (C=O) groups excluding carboxylic acids is 1. The number of nitrogens with one attached hydrogen (secondary N) is 1. The van der Waals surface area contributed by atoms with Gasteiger partial charge in [-0.2, -0.15) is 0 Å². The largest absolute Gasteiger partial charge is 0.497 e.